The molecule has 0 aliphatic carbocycles. The summed E-state index contributed by atoms with van der Waals surface area (Å²) in [4.78, 5) is 8.33. The molecule has 0 amide bonds. The smallest absolute Gasteiger partial charge is 0.206 e. The van der Waals surface area contributed by atoms with E-state index in [0.29, 0.717) is 15.9 Å². The Morgan fingerprint density at radius 3 is 3.05 bits per heavy atom. The molecule has 0 aliphatic rings. The van der Waals surface area contributed by atoms with Gasteiger partial charge in [-0.05, 0) is 36.9 Å². The van der Waals surface area contributed by atoms with E-state index in [2.05, 4.69) is 25.5 Å². The third-order valence-electron chi connectivity index (χ3n) is 2.48. The van der Waals surface area contributed by atoms with Crippen LogP contribution in [-0.2, 0) is 0 Å². The number of halogens is 1. The van der Waals surface area contributed by atoms with Crippen LogP contribution >= 0.6 is 23.1 Å². The molecule has 3 rings (SSSR count). The van der Waals surface area contributed by atoms with Crippen molar-refractivity contribution in [3.05, 3.63) is 30.3 Å². The predicted octanol–water partition coefficient (Wildman–Crippen LogP) is 3.20. The predicted molar refractivity (Wildman–Crippen MR) is 77.7 cm³/mol. The summed E-state index contributed by atoms with van der Waals surface area (Å²) in [7, 11) is 0. The van der Waals surface area contributed by atoms with Gasteiger partial charge in [0.2, 0.25) is 5.13 Å². The van der Waals surface area contributed by atoms with Crippen molar-refractivity contribution in [3.8, 4) is 0 Å². The van der Waals surface area contributed by atoms with Crippen LogP contribution in [0.25, 0.3) is 10.9 Å². The molecule has 1 aromatic carbocycles. The van der Waals surface area contributed by atoms with Crippen molar-refractivity contribution in [1.29, 1.82) is 0 Å². The first kappa shape index (κ1) is 13.2. The fraction of sp³-hybridized carbons (Fsp3) is 0.167. The number of aromatic nitrogens is 4. The van der Waals surface area contributed by atoms with Crippen LogP contribution in [-0.4, -0.2) is 26.7 Å². The summed E-state index contributed by atoms with van der Waals surface area (Å²) in [5, 5.41) is 13.3. The second kappa shape index (κ2) is 5.68. The first-order valence-electron chi connectivity index (χ1n) is 5.91. The molecular weight excluding hydrogens is 297 g/mol. The van der Waals surface area contributed by atoms with Gasteiger partial charge in [-0.2, -0.15) is 0 Å². The molecule has 8 heteroatoms. The SMILES string of the molecule is CCNc1nnc(Sc2ncnc3ccc(F)cc23)s1. The van der Waals surface area contributed by atoms with Crippen LogP contribution in [0.15, 0.2) is 33.9 Å². The molecule has 1 N–H and O–H groups in total. The van der Waals surface area contributed by atoms with Crippen molar-refractivity contribution < 1.29 is 4.39 Å². The fourth-order valence-corrected chi connectivity index (χ4v) is 3.45. The van der Waals surface area contributed by atoms with Crippen molar-refractivity contribution in [2.24, 2.45) is 0 Å². The summed E-state index contributed by atoms with van der Waals surface area (Å²) in [6, 6.07) is 4.46. The third kappa shape index (κ3) is 2.70. The molecule has 0 radical (unpaired) electrons. The molecule has 0 atom stereocenters. The highest BCUT2D eigenvalue weighted by Crippen LogP contribution is 2.34. The molecule has 0 unspecified atom stereocenters. The van der Waals surface area contributed by atoms with Gasteiger partial charge in [-0.3, -0.25) is 0 Å². The van der Waals surface area contributed by atoms with Gasteiger partial charge in [0.1, 0.15) is 17.2 Å². The molecule has 0 saturated carbocycles. The Labute approximate surface area is 122 Å². The standard InChI is InChI=1S/C12H10FN5S2/c1-2-14-11-17-18-12(20-11)19-10-8-5-7(13)3-4-9(8)15-6-16-10/h3-6H,2H2,1H3,(H,14,17). The molecule has 102 valence electrons. The molecule has 0 aliphatic heterocycles. The van der Waals surface area contributed by atoms with E-state index in [-0.39, 0.29) is 5.82 Å². The molecule has 0 saturated heterocycles. The van der Waals surface area contributed by atoms with Crippen LogP contribution in [0.1, 0.15) is 6.92 Å². The lowest BCUT2D eigenvalue weighted by molar-refractivity contribution is 0.629. The largest absolute Gasteiger partial charge is 0.360 e. The Balaban J connectivity index is 1.95. The number of fused-ring (bicyclic) bond motifs is 1. The number of nitrogens with one attached hydrogen (secondary N) is 1. The van der Waals surface area contributed by atoms with E-state index < -0.39 is 0 Å². The van der Waals surface area contributed by atoms with Crippen molar-refractivity contribution in [3.63, 3.8) is 0 Å². The quantitative estimate of drug-likeness (QED) is 0.747. The molecular formula is C12H10FN5S2. The summed E-state index contributed by atoms with van der Waals surface area (Å²) < 4.78 is 14.1. The zero-order chi connectivity index (χ0) is 13.9. The van der Waals surface area contributed by atoms with E-state index in [1.54, 1.807) is 6.07 Å². The van der Waals surface area contributed by atoms with Gasteiger partial charge in [0.15, 0.2) is 4.34 Å². The van der Waals surface area contributed by atoms with Crippen LogP contribution in [0, 0.1) is 5.82 Å². The fourth-order valence-electron chi connectivity index (χ4n) is 1.64. The Morgan fingerprint density at radius 2 is 2.20 bits per heavy atom. The van der Waals surface area contributed by atoms with Crippen LogP contribution in [0.4, 0.5) is 9.52 Å². The number of nitrogens with zero attached hydrogens (tertiary/aromatic N) is 4. The maximum atomic E-state index is 13.4. The van der Waals surface area contributed by atoms with Crippen molar-refractivity contribution >= 4 is 39.1 Å². The molecule has 0 bridgehead atoms. The van der Waals surface area contributed by atoms with E-state index in [1.807, 2.05) is 6.92 Å². The maximum absolute atomic E-state index is 13.4. The van der Waals surface area contributed by atoms with Crippen LogP contribution in [0.5, 0.6) is 0 Å². The van der Waals surface area contributed by atoms with Gasteiger partial charge in [-0.25, -0.2) is 14.4 Å². The molecule has 0 fully saturated rings. The average molecular weight is 307 g/mol. The van der Waals surface area contributed by atoms with Gasteiger partial charge in [-0.1, -0.05) is 11.3 Å². The Morgan fingerprint density at radius 1 is 1.30 bits per heavy atom. The van der Waals surface area contributed by atoms with E-state index in [4.69, 9.17) is 0 Å². The summed E-state index contributed by atoms with van der Waals surface area (Å²) in [5.41, 5.74) is 0.709. The summed E-state index contributed by atoms with van der Waals surface area (Å²) in [5.74, 6) is -0.306. The van der Waals surface area contributed by atoms with Gasteiger partial charge in [0, 0.05) is 11.9 Å². The Hall–Kier alpha value is -1.80. The van der Waals surface area contributed by atoms with Gasteiger partial charge in [0.25, 0.3) is 0 Å². The summed E-state index contributed by atoms with van der Waals surface area (Å²) in [6.45, 7) is 2.79. The van der Waals surface area contributed by atoms with Crippen molar-refractivity contribution in [2.75, 3.05) is 11.9 Å². The monoisotopic (exact) mass is 307 g/mol. The minimum Gasteiger partial charge on any atom is -0.360 e. The second-order valence-corrected chi connectivity index (χ2v) is 6.06. The minimum absolute atomic E-state index is 0.306. The van der Waals surface area contributed by atoms with E-state index in [0.717, 1.165) is 16.0 Å². The number of rotatable bonds is 4. The van der Waals surface area contributed by atoms with Crippen molar-refractivity contribution in [2.45, 2.75) is 16.3 Å². The van der Waals surface area contributed by atoms with Gasteiger partial charge in [-0.15, -0.1) is 10.2 Å². The zero-order valence-electron chi connectivity index (χ0n) is 10.5. The molecule has 2 heterocycles. The number of hydrogen-bond donors (Lipinski definition) is 1. The summed E-state index contributed by atoms with van der Waals surface area (Å²) in [6.07, 6.45) is 1.47. The lowest BCUT2D eigenvalue weighted by atomic mass is 10.2. The lowest BCUT2D eigenvalue weighted by Gasteiger charge is -2.02. The molecule has 3 aromatic rings. The maximum Gasteiger partial charge on any atom is 0.206 e. The van der Waals surface area contributed by atoms with E-state index in [1.165, 1.54) is 41.6 Å². The van der Waals surface area contributed by atoms with Gasteiger partial charge in [0.05, 0.1) is 5.52 Å². The zero-order valence-corrected chi connectivity index (χ0v) is 12.1. The average Bonchev–Trinajstić information content (AvgIpc) is 2.87. The molecule has 20 heavy (non-hydrogen) atoms. The highest BCUT2D eigenvalue weighted by Gasteiger charge is 2.10. The Bertz CT molecular complexity index is 746. The first-order chi connectivity index (χ1) is 9.76. The molecule has 5 nitrogen and oxygen atoms in total. The number of benzene rings is 1. The molecule has 0 spiro atoms. The third-order valence-corrected chi connectivity index (χ3v) is 4.43. The lowest BCUT2D eigenvalue weighted by Crippen LogP contribution is -1.94. The van der Waals surface area contributed by atoms with Crippen LogP contribution < -0.4 is 5.32 Å². The topological polar surface area (TPSA) is 63.6 Å². The highest BCUT2D eigenvalue weighted by atomic mass is 32.2. The van der Waals surface area contributed by atoms with Gasteiger partial charge >= 0.3 is 0 Å². The Kier molecular flexibility index (Phi) is 3.75. The van der Waals surface area contributed by atoms with Crippen LogP contribution in [0.2, 0.25) is 0 Å². The first-order valence-corrected chi connectivity index (χ1v) is 7.55. The van der Waals surface area contributed by atoms with Gasteiger partial charge < -0.3 is 5.32 Å². The van der Waals surface area contributed by atoms with Crippen molar-refractivity contribution in [1.82, 2.24) is 20.2 Å². The number of anilines is 1. The normalized spacial score (nSPS) is 10.9. The van der Waals surface area contributed by atoms with E-state index >= 15 is 0 Å². The summed E-state index contributed by atoms with van der Waals surface area (Å²) >= 11 is 2.80. The van der Waals surface area contributed by atoms with Crippen LogP contribution in [0.3, 0.4) is 0 Å². The second-order valence-electron chi connectivity index (χ2n) is 3.85. The minimum atomic E-state index is -0.306. The molecule has 2 aromatic heterocycles. The van der Waals surface area contributed by atoms with E-state index in [9.17, 15) is 4.39 Å². The number of hydrogen-bond acceptors (Lipinski definition) is 7. The highest BCUT2D eigenvalue weighted by molar-refractivity contribution is 8.01.